The maximum atomic E-state index is 12.3. The number of β-lactam (4-membered cyclic amide) rings is 1. The minimum absolute atomic E-state index is 0.0244. The Kier molecular flexibility index (Phi) is 6.61. The Morgan fingerprint density at radius 2 is 1.87 bits per heavy atom. The molecule has 0 unspecified atom stereocenters. The van der Waals surface area contributed by atoms with Gasteiger partial charge in [0.2, 0.25) is 5.91 Å². The highest BCUT2D eigenvalue weighted by Crippen LogP contribution is 2.39. The average molecular weight is 342 g/mol. The van der Waals surface area contributed by atoms with Gasteiger partial charge in [0, 0.05) is 12.3 Å². The SMILES string of the molecule is CCCCC(=O)[C@H](C)[C@H]1NC(=O)[C@@H]1[C@@H](C)O[Si](C)(C)C(C)(C)C. The molecule has 1 amide bonds. The Labute approximate surface area is 142 Å². The lowest BCUT2D eigenvalue weighted by Gasteiger charge is -2.47. The fourth-order valence-corrected chi connectivity index (χ4v) is 4.28. The topological polar surface area (TPSA) is 55.4 Å². The molecule has 0 bridgehead atoms. The fourth-order valence-electron chi connectivity index (χ4n) is 2.85. The van der Waals surface area contributed by atoms with E-state index in [2.05, 4.69) is 46.1 Å². The molecule has 1 heterocycles. The summed E-state index contributed by atoms with van der Waals surface area (Å²) in [7, 11) is -1.92. The van der Waals surface area contributed by atoms with Crippen LogP contribution in [0.15, 0.2) is 0 Å². The average Bonchev–Trinajstić information content (AvgIpc) is 2.38. The largest absolute Gasteiger partial charge is 0.413 e. The van der Waals surface area contributed by atoms with E-state index >= 15 is 0 Å². The molecule has 0 aliphatic carbocycles. The van der Waals surface area contributed by atoms with Gasteiger partial charge in [-0.15, -0.1) is 0 Å². The van der Waals surface area contributed by atoms with Crippen molar-refractivity contribution in [3.8, 4) is 0 Å². The minimum Gasteiger partial charge on any atom is -0.413 e. The highest BCUT2D eigenvalue weighted by atomic mass is 28.4. The summed E-state index contributed by atoms with van der Waals surface area (Å²) >= 11 is 0. The summed E-state index contributed by atoms with van der Waals surface area (Å²) in [6.07, 6.45) is 2.40. The van der Waals surface area contributed by atoms with Crippen LogP contribution in [0.2, 0.25) is 18.1 Å². The van der Waals surface area contributed by atoms with E-state index in [1.54, 1.807) is 0 Å². The minimum atomic E-state index is -1.92. The van der Waals surface area contributed by atoms with E-state index in [9.17, 15) is 9.59 Å². The third-order valence-electron chi connectivity index (χ3n) is 5.61. The lowest BCUT2D eigenvalue weighted by Crippen LogP contribution is -2.66. The second-order valence-corrected chi connectivity index (χ2v) is 13.3. The molecule has 0 spiro atoms. The zero-order valence-corrected chi connectivity index (χ0v) is 17.2. The Balaban J connectivity index is 2.74. The zero-order chi connectivity index (χ0) is 18.0. The van der Waals surface area contributed by atoms with Crippen LogP contribution in [0.4, 0.5) is 0 Å². The number of ketones is 1. The first-order chi connectivity index (χ1) is 10.4. The van der Waals surface area contributed by atoms with Gasteiger partial charge >= 0.3 is 0 Å². The van der Waals surface area contributed by atoms with E-state index in [1.165, 1.54) is 0 Å². The summed E-state index contributed by atoms with van der Waals surface area (Å²) in [5.74, 6) is -0.0582. The van der Waals surface area contributed by atoms with E-state index in [4.69, 9.17) is 4.43 Å². The van der Waals surface area contributed by atoms with Crippen LogP contribution < -0.4 is 5.32 Å². The van der Waals surface area contributed by atoms with Gasteiger partial charge in [0.15, 0.2) is 8.32 Å². The molecule has 1 rings (SSSR count). The standard InChI is InChI=1S/C18H35NO3Si/c1-9-10-11-14(20)12(2)16-15(17(21)19-16)13(3)22-23(7,8)18(4,5)6/h12-13,15-16H,9-11H2,1-8H3,(H,19,21)/t12-,13+,15+,16+/m0/s1. The van der Waals surface area contributed by atoms with E-state index in [0.717, 1.165) is 12.8 Å². The number of nitrogens with one attached hydrogen (secondary N) is 1. The first-order valence-corrected chi connectivity index (χ1v) is 11.8. The Morgan fingerprint density at radius 1 is 1.30 bits per heavy atom. The predicted molar refractivity (Wildman–Crippen MR) is 96.9 cm³/mol. The molecule has 1 N–H and O–H groups in total. The van der Waals surface area contributed by atoms with Crippen molar-refractivity contribution in [2.75, 3.05) is 0 Å². The van der Waals surface area contributed by atoms with Crippen LogP contribution in [0, 0.1) is 11.8 Å². The number of carbonyl (C=O) groups is 2. The second kappa shape index (κ2) is 7.47. The molecule has 4 nitrogen and oxygen atoms in total. The van der Waals surface area contributed by atoms with Crippen molar-refractivity contribution in [3.05, 3.63) is 0 Å². The maximum Gasteiger partial charge on any atom is 0.228 e. The summed E-state index contributed by atoms with van der Waals surface area (Å²) < 4.78 is 6.38. The summed E-state index contributed by atoms with van der Waals surface area (Å²) in [6.45, 7) is 17.0. The lowest BCUT2D eigenvalue weighted by atomic mass is 9.76. The van der Waals surface area contributed by atoms with Crippen molar-refractivity contribution in [2.24, 2.45) is 11.8 Å². The van der Waals surface area contributed by atoms with Gasteiger partial charge in [-0.2, -0.15) is 0 Å². The van der Waals surface area contributed by atoms with Gasteiger partial charge in [-0.1, -0.05) is 41.0 Å². The molecule has 134 valence electrons. The van der Waals surface area contributed by atoms with Crippen molar-refractivity contribution in [1.29, 1.82) is 0 Å². The number of Topliss-reactive ketones (excluding diaryl/α,β-unsaturated/α-hetero) is 1. The first kappa shape index (κ1) is 20.4. The van der Waals surface area contributed by atoms with Crippen LogP contribution in [0.1, 0.15) is 60.8 Å². The van der Waals surface area contributed by atoms with Gasteiger partial charge in [-0.05, 0) is 31.5 Å². The lowest BCUT2D eigenvalue weighted by molar-refractivity contribution is -0.144. The molecule has 1 aliphatic rings. The van der Waals surface area contributed by atoms with Crippen molar-refractivity contribution in [3.63, 3.8) is 0 Å². The van der Waals surface area contributed by atoms with Gasteiger partial charge in [0.1, 0.15) is 5.78 Å². The van der Waals surface area contributed by atoms with Gasteiger partial charge in [0.05, 0.1) is 18.1 Å². The van der Waals surface area contributed by atoms with Crippen LogP contribution in [-0.2, 0) is 14.0 Å². The molecular weight excluding hydrogens is 306 g/mol. The summed E-state index contributed by atoms with van der Waals surface area (Å²) in [6, 6.07) is -0.0772. The van der Waals surface area contributed by atoms with Crippen LogP contribution in [-0.4, -0.2) is 32.2 Å². The maximum absolute atomic E-state index is 12.3. The molecule has 1 saturated heterocycles. The van der Waals surface area contributed by atoms with Crippen LogP contribution in [0.25, 0.3) is 0 Å². The summed E-state index contributed by atoms with van der Waals surface area (Å²) in [5, 5.41) is 3.04. The van der Waals surface area contributed by atoms with Crippen molar-refractivity contribution >= 4 is 20.0 Å². The van der Waals surface area contributed by atoms with Crippen LogP contribution in [0.3, 0.4) is 0 Å². The van der Waals surface area contributed by atoms with E-state index in [0.29, 0.717) is 6.42 Å². The first-order valence-electron chi connectivity index (χ1n) is 8.93. The fraction of sp³-hybridized carbons (Fsp3) is 0.889. The Morgan fingerprint density at radius 3 is 2.30 bits per heavy atom. The molecule has 0 aromatic heterocycles. The third-order valence-corrected chi connectivity index (χ3v) is 10.2. The van der Waals surface area contributed by atoms with Gasteiger partial charge < -0.3 is 9.74 Å². The highest BCUT2D eigenvalue weighted by Gasteiger charge is 2.50. The number of unbranched alkanes of at least 4 members (excludes halogenated alkanes) is 1. The van der Waals surface area contributed by atoms with Crippen molar-refractivity contribution < 1.29 is 14.0 Å². The van der Waals surface area contributed by atoms with E-state index in [1.807, 2.05) is 13.8 Å². The molecule has 0 saturated carbocycles. The second-order valence-electron chi connectivity index (χ2n) is 8.50. The predicted octanol–water partition coefficient (Wildman–Crippen LogP) is 3.91. The quantitative estimate of drug-likeness (QED) is 0.538. The number of amides is 1. The van der Waals surface area contributed by atoms with Crippen molar-refractivity contribution in [2.45, 2.75) is 91.1 Å². The van der Waals surface area contributed by atoms with Gasteiger partial charge in [-0.25, -0.2) is 0 Å². The number of hydrogen-bond donors (Lipinski definition) is 1. The smallest absolute Gasteiger partial charge is 0.228 e. The summed E-state index contributed by atoms with van der Waals surface area (Å²) in [4.78, 5) is 24.3. The zero-order valence-electron chi connectivity index (χ0n) is 16.2. The highest BCUT2D eigenvalue weighted by molar-refractivity contribution is 6.74. The van der Waals surface area contributed by atoms with Crippen LogP contribution >= 0.6 is 0 Å². The molecule has 1 aliphatic heterocycles. The van der Waals surface area contributed by atoms with Gasteiger partial charge in [-0.3, -0.25) is 9.59 Å². The Hall–Kier alpha value is -0.683. The van der Waals surface area contributed by atoms with Gasteiger partial charge in [0.25, 0.3) is 0 Å². The molecule has 0 aromatic rings. The normalized spacial score (nSPS) is 24.6. The molecule has 5 heteroatoms. The van der Waals surface area contributed by atoms with Crippen LogP contribution in [0.5, 0.6) is 0 Å². The number of rotatable bonds is 8. The molecule has 0 radical (unpaired) electrons. The molecule has 1 fully saturated rings. The number of hydrogen-bond acceptors (Lipinski definition) is 3. The van der Waals surface area contributed by atoms with E-state index < -0.39 is 8.32 Å². The van der Waals surface area contributed by atoms with E-state index in [-0.39, 0.29) is 40.7 Å². The summed E-state index contributed by atoms with van der Waals surface area (Å²) in [5.41, 5.74) is 0. The molecule has 4 atom stereocenters. The molecular formula is C18H35NO3Si. The monoisotopic (exact) mass is 341 g/mol. The Bertz CT molecular complexity index is 442. The molecule has 23 heavy (non-hydrogen) atoms. The third kappa shape index (κ3) is 4.66. The number of carbonyl (C=O) groups excluding carboxylic acids is 2. The molecule has 0 aromatic carbocycles. The van der Waals surface area contributed by atoms with Crippen molar-refractivity contribution in [1.82, 2.24) is 5.32 Å².